The summed E-state index contributed by atoms with van der Waals surface area (Å²) in [6.45, 7) is 1.07. The number of hydrogen-bond donors (Lipinski definition) is 1. The first-order chi connectivity index (χ1) is 9.11. The Morgan fingerprint density at radius 3 is 2.47 bits per heavy atom. The van der Waals surface area contributed by atoms with Crippen LogP contribution in [-0.2, 0) is 13.1 Å². The number of anilines is 1. The number of hydrogen-bond acceptors (Lipinski definition) is 2. The molecule has 100 valence electrons. The monoisotopic (exact) mass is 278 g/mol. The van der Waals surface area contributed by atoms with Crippen molar-refractivity contribution >= 4 is 17.3 Å². The van der Waals surface area contributed by atoms with Gasteiger partial charge in [0.25, 0.3) is 0 Å². The smallest absolute Gasteiger partial charge is 0.123 e. The minimum Gasteiger partial charge on any atom is -0.370 e. The molecule has 2 N–H and O–H groups in total. The van der Waals surface area contributed by atoms with Crippen molar-refractivity contribution in [2.45, 2.75) is 13.1 Å². The van der Waals surface area contributed by atoms with Gasteiger partial charge in [-0.1, -0.05) is 29.8 Å². The number of nitrogens with two attached hydrogens (primary N) is 1. The van der Waals surface area contributed by atoms with E-state index in [9.17, 15) is 4.39 Å². The molecule has 0 saturated carbocycles. The van der Waals surface area contributed by atoms with Crippen LogP contribution in [0.2, 0.25) is 5.02 Å². The molecule has 4 heteroatoms. The van der Waals surface area contributed by atoms with E-state index < -0.39 is 0 Å². The normalized spacial score (nSPS) is 10.5. The molecule has 0 aliphatic heterocycles. The molecule has 0 fully saturated rings. The third-order valence-electron chi connectivity index (χ3n) is 3.04. The maximum absolute atomic E-state index is 12.9. The van der Waals surface area contributed by atoms with Crippen LogP contribution in [0.1, 0.15) is 11.1 Å². The van der Waals surface area contributed by atoms with Crippen LogP contribution in [0.4, 0.5) is 10.1 Å². The molecule has 0 bridgehead atoms. The molecule has 2 rings (SSSR count). The van der Waals surface area contributed by atoms with Gasteiger partial charge in [-0.15, -0.1) is 0 Å². The highest BCUT2D eigenvalue weighted by atomic mass is 35.5. The lowest BCUT2D eigenvalue weighted by Crippen LogP contribution is -2.19. The Bertz CT molecular complexity index is 555. The average molecular weight is 279 g/mol. The average Bonchev–Trinajstić information content (AvgIpc) is 2.41. The van der Waals surface area contributed by atoms with Crippen molar-refractivity contribution in [1.29, 1.82) is 0 Å². The predicted molar refractivity (Wildman–Crippen MR) is 77.9 cm³/mol. The van der Waals surface area contributed by atoms with Gasteiger partial charge in [0.1, 0.15) is 5.82 Å². The molecule has 0 aliphatic carbocycles. The predicted octanol–water partition coefficient (Wildman–Crippen LogP) is 3.57. The van der Waals surface area contributed by atoms with Gasteiger partial charge in [0, 0.05) is 36.4 Å². The van der Waals surface area contributed by atoms with E-state index in [0.29, 0.717) is 18.1 Å². The van der Waals surface area contributed by atoms with E-state index >= 15 is 0 Å². The molecule has 0 unspecified atom stereocenters. The molecule has 2 aromatic carbocycles. The molecule has 2 nitrogen and oxygen atoms in total. The third kappa shape index (κ3) is 3.25. The Hall–Kier alpha value is -1.58. The zero-order valence-electron chi connectivity index (χ0n) is 10.7. The minimum absolute atomic E-state index is 0.225. The first kappa shape index (κ1) is 13.8. The zero-order chi connectivity index (χ0) is 13.8. The van der Waals surface area contributed by atoms with Gasteiger partial charge in [-0.2, -0.15) is 0 Å². The van der Waals surface area contributed by atoms with Crippen molar-refractivity contribution in [3.05, 3.63) is 64.4 Å². The first-order valence-corrected chi connectivity index (χ1v) is 6.42. The molecule has 0 spiro atoms. The van der Waals surface area contributed by atoms with E-state index in [0.717, 1.165) is 16.8 Å². The number of nitrogens with zero attached hydrogens (tertiary/aromatic N) is 1. The second-order valence-corrected chi connectivity index (χ2v) is 4.83. The van der Waals surface area contributed by atoms with Crippen LogP contribution >= 0.6 is 11.6 Å². The maximum atomic E-state index is 12.9. The molecule has 19 heavy (non-hydrogen) atoms. The second kappa shape index (κ2) is 6.04. The van der Waals surface area contributed by atoms with Crippen molar-refractivity contribution in [3.63, 3.8) is 0 Å². The van der Waals surface area contributed by atoms with E-state index in [2.05, 4.69) is 4.90 Å². The van der Waals surface area contributed by atoms with Gasteiger partial charge < -0.3 is 10.6 Å². The van der Waals surface area contributed by atoms with Crippen LogP contribution < -0.4 is 10.6 Å². The molecule has 0 radical (unpaired) electrons. The van der Waals surface area contributed by atoms with Gasteiger partial charge in [-0.3, -0.25) is 0 Å². The fourth-order valence-electron chi connectivity index (χ4n) is 2.06. The number of benzene rings is 2. The van der Waals surface area contributed by atoms with Crippen LogP contribution in [0.3, 0.4) is 0 Å². The van der Waals surface area contributed by atoms with Crippen molar-refractivity contribution in [3.8, 4) is 0 Å². The van der Waals surface area contributed by atoms with Gasteiger partial charge >= 0.3 is 0 Å². The minimum atomic E-state index is -0.225. The molecule has 2 aromatic rings. The Morgan fingerprint density at radius 2 is 1.84 bits per heavy atom. The van der Waals surface area contributed by atoms with Gasteiger partial charge in [-0.05, 0) is 29.8 Å². The van der Waals surface area contributed by atoms with E-state index in [1.807, 2.05) is 25.2 Å². The van der Waals surface area contributed by atoms with Crippen molar-refractivity contribution in [1.82, 2.24) is 0 Å². The molecule has 0 saturated heterocycles. The van der Waals surface area contributed by atoms with E-state index in [1.165, 1.54) is 12.1 Å². The summed E-state index contributed by atoms with van der Waals surface area (Å²) in [6, 6.07) is 12.2. The Kier molecular flexibility index (Phi) is 4.40. The molecule has 0 heterocycles. The highest BCUT2D eigenvalue weighted by Gasteiger charge is 2.10. The van der Waals surface area contributed by atoms with Crippen molar-refractivity contribution < 1.29 is 4.39 Å². The summed E-state index contributed by atoms with van der Waals surface area (Å²) >= 11 is 6.14. The Balaban J connectivity index is 2.22. The topological polar surface area (TPSA) is 29.3 Å². The van der Waals surface area contributed by atoms with Crippen LogP contribution in [0.15, 0.2) is 42.5 Å². The van der Waals surface area contributed by atoms with E-state index in [4.69, 9.17) is 17.3 Å². The van der Waals surface area contributed by atoms with Crippen LogP contribution in [0, 0.1) is 5.82 Å². The van der Waals surface area contributed by atoms with Crippen LogP contribution in [0.25, 0.3) is 0 Å². The summed E-state index contributed by atoms with van der Waals surface area (Å²) in [5.74, 6) is -0.225. The Morgan fingerprint density at radius 1 is 1.16 bits per heavy atom. The molecule has 0 aliphatic rings. The quantitative estimate of drug-likeness (QED) is 0.926. The van der Waals surface area contributed by atoms with Gasteiger partial charge in [0.2, 0.25) is 0 Å². The summed E-state index contributed by atoms with van der Waals surface area (Å²) in [4.78, 5) is 2.06. The van der Waals surface area contributed by atoms with E-state index in [1.54, 1.807) is 12.1 Å². The van der Waals surface area contributed by atoms with Crippen LogP contribution in [-0.4, -0.2) is 7.05 Å². The second-order valence-electron chi connectivity index (χ2n) is 4.42. The maximum Gasteiger partial charge on any atom is 0.123 e. The van der Waals surface area contributed by atoms with Crippen molar-refractivity contribution in [2.75, 3.05) is 11.9 Å². The molecule has 0 aromatic heterocycles. The lowest BCUT2D eigenvalue weighted by atomic mass is 10.1. The van der Waals surface area contributed by atoms with Crippen LogP contribution in [0.5, 0.6) is 0 Å². The lowest BCUT2D eigenvalue weighted by Gasteiger charge is -2.23. The summed E-state index contributed by atoms with van der Waals surface area (Å²) in [5.41, 5.74) is 8.70. The first-order valence-electron chi connectivity index (χ1n) is 6.05. The van der Waals surface area contributed by atoms with E-state index in [-0.39, 0.29) is 5.82 Å². The standard InChI is InChI=1S/C15H16ClFN2/c1-19(10-11-5-7-12(17)8-6-11)15-4-2-3-14(16)13(15)9-18/h2-8H,9-10,18H2,1H3. The number of halogens is 2. The number of rotatable bonds is 4. The Labute approximate surface area is 117 Å². The zero-order valence-corrected chi connectivity index (χ0v) is 11.5. The van der Waals surface area contributed by atoms with Gasteiger partial charge in [-0.25, -0.2) is 4.39 Å². The highest BCUT2D eigenvalue weighted by molar-refractivity contribution is 6.31. The van der Waals surface area contributed by atoms with Gasteiger partial charge in [0.05, 0.1) is 0 Å². The van der Waals surface area contributed by atoms with Crippen molar-refractivity contribution in [2.24, 2.45) is 5.73 Å². The fourth-order valence-corrected chi connectivity index (χ4v) is 2.30. The lowest BCUT2D eigenvalue weighted by molar-refractivity contribution is 0.627. The summed E-state index contributed by atoms with van der Waals surface area (Å²) in [7, 11) is 1.97. The SMILES string of the molecule is CN(Cc1ccc(F)cc1)c1cccc(Cl)c1CN. The molecule has 0 atom stereocenters. The molecular formula is C15H16ClFN2. The molecular weight excluding hydrogens is 263 g/mol. The van der Waals surface area contributed by atoms with Gasteiger partial charge in [0.15, 0.2) is 0 Å². The third-order valence-corrected chi connectivity index (χ3v) is 3.40. The summed E-state index contributed by atoms with van der Waals surface area (Å²) in [6.07, 6.45) is 0. The largest absolute Gasteiger partial charge is 0.370 e. The summed E-state index contributed by atoms with van der Waals surface area (Å²) in [5, 5.41) is 0.672. The molecule has 0 amide bonds. The summed E-state index contributed by atoms with van der Waals surface area (Å²) < 4.78 is 12.9. The highest BCUT2D eigenvalue weighted by Crippen LogP contribution is 2.27. The fraction of sp³-hybridized carbons (Fsp3) is 0.200.